The molecule has 1 saturated carbocycles. The molecule has 0 radical (unpaired) electrons. The van der Waals surface area contributed by atoms with Gasteiger partial charge in [-0.1, -0.05) is 40.0 Å². The maximum absolute atomic E-state index is 12.5. The predicted molar refractivity (Wildman–Crippen MR) is 76.2 cm³/mol. The summed E-state index contributed by atoms with van der Waals surface area (Å²) in [5.74, 6) is 0.773. The van der Waals surface area contributed by atoms with Crippen LogP contribution < -0.4 is 11.1 Å². The lowest BCUT2D eigenvalue weighted by Gasteiger charge is -2.32. The first-order chi connectivity index (χ1) is 8.59. The van der Waals surface area contributed by atoms with Crippen LogP contribution in [-0.4, -0.2) is 18.5 Å². The molecule has 1 aliphatic rings. The summed E-state index contributed by atoms with van der Waals surface area (Å²) in [7, 11) is 0. The molecule has 1 fully saturated rings. The van der Waals surface area contributed by atoms with Crippen molar-refractivity contribution in [3.05, 3.63) is 0 Å². The minimum atomic E-state index is -0.355. The Hall–Kier alpha value is -0.570. The van der Waals surface area contributed by atoms with Crippen molar-refractivity contribution in [1.82, 2.24) is 5.32 Å². The zero-order valence-electron chi connectivity index (χ0n) is 12.3. The Labute approximate surface area is 112 Å². The number of rotatable bonds is 5. The molecule has 1 aliphatic carbocycles. The van der Waals surface area contributed by atoms with Crippen molar-refractivity contribution < 1.29 is 4.79 Å². The molecule has 3 heteroatoms. The second-order valence-corrected chi connectivity index (χ2v) is 5.89. The Morgan fingerprint density at radius 3 is 2.39 bits per heavy atom. The van der Waals surface area contributed by atoms with E-state index < -0.39 is 0 Å². The highest BCUT2D eigenvalue weighted by Gasteiger charge is 2.35. The Balaban J connectivity index is 2.66. The molecule has 2 unspecified atom stereocenters. The van der Waals surface area contributed by atoms with Gasteiger partial charge < -0.3 is 11.1 Å². The van der Waals surface area contributed by atoms with Gasteiger partial charge in [-0.15, -0.1) is 0 Å². The van der Waals surface area contributed by atoms with Crippen LogP contribution in [0.1, 0.15) is 65.7 Å². The van der Waals surface area contributed by atoms with Crippen LogP contribution in [0.25, 0.3) is 0 Å². The maximum atomic E-state index is 12.5. The third kappa shape index (κ3) is 3.47. The van der Waals surface area contributed by atoms with Gasteiger partial charge in [0.25, 0.3) is 0 Å². The van der Waals surface area contributed by atoms with Gasteiger partial charge >= 0.3 is 0 Å². The number of amides is 1. The van der Waals surface area contributed by atoms with Gasteiger partial charge in [0.15, 0.2) is 0 Å². The van der Waals surface area contributed by atoms with Crippen molar-refractivity contribution >= 4 is 5.91 Å². The zero-order valence-corrected chi connectivity index (χ0v) is 12.3. The van der Waals surface area contributed by atoms with Gasteiger partial charge in [-0.3, -0.25) is 4.79 Å². The highest BCUT2D eigenvalue weighted by Crippen LogP contribution is 2.28. The summed E-state index contributed by atoms with van der Waals surface area (Å²) in [6.07, 6.45) is 7.86. The van der Waals surface area contributed by atoms with Gasteiger partial charge in [-0.2, -0.15) is 0 Å². The molecule has 0 aromatic carbocycles. The van der Waals surface area contributed by atoms with E-state index in [2.05, 4.69) is 26.1 Å². The Morgan fingerprint density at radius 1 is 1.22 bits per heavy atom. The van der Waals surface area contributed by atoms with Gasteiger partial charge in [0.2, 0.25) is 5.91 Å². The molecule has 0 aromatic heterocycles. The lowest BCUT2D eigenvalue weighted by atomic mass is 9.80. The Morgan fingerprint density at radius 2 is 1.83 bits per heavy atom. The fourth-order valence-corrected chi connectivity index (χ4v) is 2.98. The summed E-state index contributed by atoms with van der Waals surface area (Å²) in [6, 6.07) is 0.351. The summed E-state index contributed by atoms with van der Waals surface area (Å²) in [5, 5.41) is 3.28. The molecule has 1 amide bonds. The minimum Gasteiger partial charge on any atom is -0.353 e. The predicted octanol–water partition coefficient (Wildman–Crippen LogP) is 2.84. The van der Waals surface area contributed by atoms with Crippen molar-refractivity contribution in [2.75, 3.05) is 6.54 Å². The highest BCUT2D eigenvalue weighted by atomic mass is 16.2. The third-order valence-corrected chi connectivity index (χ3v) is 4.90. The number of hydrogen-bond acceptors (Lipinski definition) is 2. The van der Waals surface area contributed by atoms with Crippen LogP contribution >= 0.6 is 0 Å². The van der Waals surface area contributed by atoms with Gasteiger partial charge in [0.05, 0.1) is 5.41 Å². The lowest BCUT2D eigenvalue weighted by molar-refractivity contribution is -0.132. The normalized spacial score (nSPS) is 25.6. The average molecular weight is 254 g/mol. The molecule has 106 valence electrons. The molecule has 0 saturated heterocycles. The summed E-state index contributed by atoms with van der Waals surface area (Å²) in [4.78, 5) is 12.5. The minimum absolute atomic E-state index is 0.175. The van der Waals surface area contributed by atoms with Gasteiger partial charge in [-0.25, -0.2) is 0 Å². The van der Waals surface area contributed by atoms with E-state index in [1.807, 2.05) is 0 Å². The van der Waals surface area contributed by atoms with Crippen molar-refractivity contribution in [1.29, 1.82) is 0 Å². The van der Waals surface area contributed by atoms with Crippen LogP contribution in [0.3, 0.4) is 0 Å². The van der Waals surface area contributed by atoms with Crippen LogP contribution in [0.4, 0.5) is 0 Å². The van der Waals surface area contributed by atoms with Crippen LogP contribution in [-0.2, 0) is 4.79 Å². The first-order valence-corrected chi connectivity index (χ1v) is 7.60. The van der Waals surface area contributed by atoms with E-state index in [1.54, 1.807) is 0 Å². The largest absolute Gasteiger partial charge is 0.353 e. The van der Waals surface area contributed by atoms with Gasteiger partial charge in [0.1, 0.15) is 0 Å². The van der Waals surface area contributed by atoms with Crippen LogP contribution in [0.2, 0.25) is 0 Å². The van der Waals surface area contributed by atoms with Crippen LogP contribution in [0.15, 0.2) is 0 Å². The average Bonchev–Trinajstić information content (AvgIpc) is 2.58. The molecule has 1 rings (SSSR count). The van der Waals surface area contributed by atoms with Crippen molar-refractivity contribution in [3.8, 4) is 0 Å². The molecule has 3 nitrogen and oxygen atoms in total. The van der Waals surface area contributed by atoms with E-state index in [0.29, 0.717) is 18.5 Å². The number of nitrogens with two attached hydrogens (primary N) is 1. The van der Waals surface area contributed by atoms with E-state index >= 15 is 0 Å². The van der Waals surface area contributed by atoms with Crippen LogP contribution in [0.5, 0.6) is 0 Å². The molecular formula is C15H30N2O. The zero-order chi connectivity index (χ0) is 13.6. The quantitative estimate of drug-likeness (QED) is 0.741. The summed E-state index contributed by atoms with van der Waals surface area (Å²) >= 11 is 0. The number of nitrogens with one attached hydrogen (secondary N) is 1. The molecule has 0 aromatic rings. The topological polar surface area (TPSA) is 55.1 Å². The van der Waals surface area contributed by atoms with E-state index in [9.17, 15) is 4.79 Å². The Bertz CT molecular complexity index is 253. The maximum Gasteiger partial charge on any atom is 0.227 e. The first-order valence-electron chi connectivity index (χ1n) is 7.60. The Kier molecular flexibility index (Phi) is 6.13. The fraction of sp³-hybridized carbons (Fsp3) is 0.933. The molecule has 2 atom stereocenters. The number of carbonyl (C=O) groups is 1. The summed E-state index contributed by atoms with van der Waals surface area (Å²) in [5.41, 5.74) is 5.48. The first kappa shape index (κ1) is 15.5. The van der Waals surface area contributed by atoms with Gasteiger partial charge in [0, 0.05) is 12.6 Å². The van der Waals surface area contributed by atoms with E-state index in [4.69, 9.17) is 5.73 Å². The second kappa shape index (κ2) is 7.13. The van der Waals surface area contributed by atoms with E-state index in [1.165, 1.54) is 25.7 Å². The number of carbonyl (C=O) groups excluding carboxylic acids is 1. The summed E-state index contributed by atoms with van der Waals surface area (Å²) < 4.78 is 0. The van der Waals surface area contributed by atoms with Crippen LogP contribution in [0, 0.1) is 11.3 Å². The molecule has 0 heterocycles. The second-order valence-electron chi connectivity index (χ2n) is 5.89. The lowest BCUT2D eigenvalue weighted by Crippen LogP contribution is -2.50. The molecule has 0 aliphatic heterocycles. The number of hydrogen-bond donors (Lipinski definition) is 2. The van der Waals surface area contributed by atoms with Crippen molar-refractivity contribution in [2.45, 2.75) is 71.8 Å². The molecule has 18 heavy (non-hydrogen) atoms. The smallest absolute Gasteiger partial charge is 0.227 e. The molecule has 0 bridgehead atoms. The van der Waals surface area contributed by atoms with E-state index in [-0.39, 0.29) is 11.3 Å². The molecular weight excluding hydrogens is 224 g/mol. The van der Waals surface area contributed by atoms with Crippen molar-refractivity contribution in [2.24, 2.45) is 17.1 Å². The molecule has 3 N–H and O–H groups in total. The van der Waals surface area contributed by atoms with Gasteiger partial charge in [-0.05, 0) is 31.6 Å². The summed E-state index contributed by atoms with van der Waals surface area (Å²) in [6.45, 7) is 6.84. The van der Waals surface area contributed by atoms with E-state index in [0.717, 1.165) is 19.3 Å². The standard InChI is InChI=1S/C15H30N2O/c1-4-15(5-2,11-16)14(18)17-13-10-8-6-7-9-12(13)3/h12-13H,4-11,16H2,1-3H3,(H,17,18). The monoisotopic (exact) mass is 254 g/mol. The highest BCUT2D eigenvalue weighted by molar-refractivity contribution is 5.83. The fourth-order valence-electron chi connectivity index (χ4n) is 2.98. The molecule has 0 spiro atoms. The third-order valence-electron chi connectivity index (χ3n) is 4.90. The SMILES string of the molecule is CCC(CC)(CN)C(=O)NC1CCCCCC1C. The van der Waals surface area contributed by atoms with Crippen molar-refractivity contribution in [3.63, 3.8) is 0 Å².